The lowest BCUT2D eigenvalue weighted by molar-refractivity contribution is 0.241. The van der Waals surface area contributed by atoms with Crippen molar-refractivity contribution in [1.29, 1.82) is 0 Å². The molecule has 134 valence electrons. The van der Waals surface area contributed by atoms with E-state index in [1.807, 2.05) is 17.0 Å². The van der Waals surface area contributed by atoms with Crippen LogP contribution in [0.2, 0.25) is 0 Å². The van der Waals surface area contributed by atoms with Crippen molar-refractivity contribution in [3.63, 3.8) is 0 Å². The van der Waals surface area contributed by atoms with Gasteiger partial charge in [0.1, 0.15) is 17.3 Å². The van der Waals surface area contributed by atoms with Gasteiger partial charge in [-0.15, -0.1) is 0 Å². The van der Waals surface area contributed by atoms with Crippen LogP contribution in [0.25, 0.3) is 5.69 Å². The Labute approximate surface area is 148 Å². The number of benzene rings is 1. The van der Waals surface area contributed by atoms with Crippen LogP contribution in [0.15, 0.2) is 56.7 Å². The van der Waals surface area contributed by atoms with Crippen LogP contribution in [0.5, 0.6) is 5.75 Å². The van der Waals surface area contributed by atoms with Gasteiger partial charge in [-0.25, -0.2) is 9.36 Å². The molecule has 26 heavy (non-hydrogen) atoms. The highest BCUT2D eigenvalue weighted by Gasteiger charge is 2.24. The number of ether oxygens (including phenoxy) is 1. The number of rotatable bonds is 4. The molecule has 1 aliphatic rings. The van der Waals surface area contributed by atoms with E-state index in [4.69, 9.17) is 9.15 Å². The van der Waals surface area contributed by atoms with Crippen molar-refractivity contribution in [1.82, 2.24) is 14.5 Å². The van der Waals surface area contributed by atoms with Crippen LogP contribution < -0.4 is 21.3 Å². The molecular weight excluding hydrogens is 336 g/mol. The number of hydrogen-bond acceptors (Lipinski definition) is 6. The first-order chi connectivity index (χ1) is 12.7. The fourth-order valence-corrected chi connectivity index (χ4v) is 3.08. The van der Waals surface area contributed by atoms with E-state index in [0.717, 1.165) is 5.76 Å². The van der Waals surface area contributed by atoms with E-state index in [2.05, 4.69) is 10.3 Å². The third kappa shape index (κ3) is 2.91. The van der Waals surface area contributed by atoms with Crippen LogP contribution in [0.1, 0.15) is 11.3 Å². The fourth-order valence-electron chi connectivity index (χ4n) is 3.08. The van der Waals surface area contributed by atoms with E-state index in [0.29, 0.717) is 42.6 Å². The molecule has 3 heterocycles. The Balaban J connectivity index is 1.72. The molecule has 1 aromatic carbocycles. The summed E-state index contributed by atoms with van der Waals surface area (Å²) in [6.07, 6.45) is 1.62. The van der Waals surface area contributed by atoms with Gasteiger partial charge in [-0.05, 0) is 36.4 Å². The normalized spacial score (nSPS) is 13.9. The van der Waals surface area contributed by atoms with E-state index in [1.165, 1.54) is 4.57 Å². The standard InChI is InChI=1S/C18H18N4O4/c1-25-13-6-4-12(5-7-13)22-16-15(17(23)20-18(22)24)10-21(11-19-16)9-14-3-2-8-26-14/h2-8,19H,9-11H2,1H3,(H,20,23,24). The monoisotopic (exact) mass is 354 g/mol. The molecule has 0 amide bonds. The highest BCUT2D eigenvalue weighted by atomic mass is 16.5. The topological polar surface area (TPSA) is 92.5 Å². The van der Waals surface area contributed by atoms with Crippen molar-refractivity contribution in [2.24, 2.45) is 0 Å². The number of nitrogens with one attached hydrogen (secondary N) is 2. The van der Waals surface area contributed by atoms with Crippen LogP contribution in [0, 0.1) is 0 Å². The average molecular weight is 354 g/mol. The summed E-state index contributed by atoms with van der Waals surface area (Å²) < 4.78 is 12.0. The Hall–Kier alpha value is -3.26. The number of aromatic nitrogens is 2. The average Bonchev–Trinajstić information content (AvgIpc) is 3.16. The first-order valence-corrected chi connectivity index (χ1v) is 8.17. The maximum atomic E-state index is 12.4. The molecule has 0 aliphatic carbocycles. The molecule has 0 atom stereocenters. The Morgan fingerprint density at radius 1 is 1.19 bits per heavy atom. The van der Waals surface area contributed by atoms with Gasteiger partial charge in [0.15, 0.2) is 0 Å². The van der Waals surface area contributed by atoms with Crippen LogP contribution in [-0.4, -0.2) is 28.2 Å². The number of furan rings is 1. The summed E-state index contributed by atoms with van der Waals surface area (Å²) in [5.74, 6) is 2.02. The van der Waals surface area contributed by atoms with Gasteiger partial charge in [0.25, 0.3) is 5.56 Å². The quantitative estimate of drug-likeness (QED) is 0.738. The molecule has 2 aromatic heterocycles. The van der Waals surface area contributed by atoms with Gasteiger partial charge >= 0.3 is 5.69 Å². The van der Waals surface area contributed by atoms with Crippen molar-refractivity contribution in [2.45, 2.75) is 13.1 Å². The maximum Gasteiger partial charge on any atom is 0.334 e. The van der Waals surface area contributed by atoms with Gasteiger partial charge in [-0.1, -0.05) is 0 Å². The summed E-state index contributed by atoms with van der Waals surface area (Å²) in [5, 5.41) is 3.20. The maximum absolute atomic E-state index is 12.4. The zero-order chi connectivity index (χ0) is 18.1. The Kier molecular flexibility index (Phi) is 4.10. The second-order valence-corrected chi connectivity index (χ2v) is 6.02. The van der Waals surface area contributed by atoms with E-state index in [-0.39, 0.29) is 5.56 Å². The molecule has 0 unspecified atom stereocenters. The first-order valence-electron chi connectivity index (χ1n) is 8.17. The molecule has 8 nitrogen and oxygen atoms in total. The van der Waals surface area contributed by atoms with E-state index >= 15 is 0 Å². The van der Waals surface area contributed by atoms with E-state index in [9.17, 15) is 9.59 Å². The predicted molar refractivity (Wildman–Crippen MR) is 95.7 cm³/mol. The van der Waals surface area contributed by atoms with Gasteiger partial charge in [0, 0.05) is 6.54 Å². The zero-order valence-electron chi connectivity index (χ0n) is 14.2. The van der Waals surface area contributed by atoms with Crippen molar-refractivity contribution >= 4 is 5.82 Å². The van der Waals surface area contributed by atoms with Gasteiger partial charge in [-0.2, -0.15) is 0 Å². The largest absolute Gasteiger partial charge is 0.497 e. The SMILES string of the molecule is COc1ccc(-n2c3c(c(=O)[nH]c2=O)CN(Cc2ccco2)CN3)cc1. The Morgan fingerprint density at radius 2 is 2.00 bits per heavy atom. The molecule has 4 rings (SSSR count). The van der Waals surface area contributed by atoms with Crippen molar-refractivity contribution in [3.05, 3.63) is 74.8 Å². The molecule has 1 aliphatic heterocycles. The van der Waals surface area contributed by atoms with Crippen LogP contribution >= 0.6 is 0 Å². The lowest BCUT2D eigenvalue weighted by Gasteiger charge is -2.30. The lowest BCUT2D eigenvalue weighted by atomic mass is 10.2. The summed E-state index contributed by atoms with van der Waals surface area (Å²) in [4.78, 5) is 29.2. The van der Waals surface area contributed by atoms with Crippen LogP contribution in [0.4, 0.5) is 5.82 Å². The summed E-state index contributed by atoms with van der Waals surface area (Å²) in [5.41, 5.74) is 0.297. The highest BCUT2D eigenvalue weighted by Crippen LogP contribution is 2.23. The summed E-state index contributed by atoms with van der Waals surface area (Å²) >= 11 is 0. The van der Waals surface area contributed by atoms with Crippen LogP contribution in [-0.2, 0) is 13.1 Å². The number of H-pyrrole nitrogens is 1. The molecule has 0 spiro atoms. The molecular formula is C18H18N4O4. The minimum absolute atomic E-state index is 0.383. The number of fused-ring (bicyclic) bond motifs is 1. The molecule has 0 bridgehead atoms. The molecule has 2 N–H and O–H groups in total. The van der Waals surface area contributed by atoms with Gasteiger partial charge in [0.05, 0.1) is 37.8 Å². The summed E-state index contributed by atoms with van der Waals surface area (Å²) in [6, 6.07) is 10.8. The molecule has 0 fully saturated rings. The van der Waals surface area contributed by atoms with Crippen molar-refractivity contribution in [2.75, 3.05) is 19.1 Å². The Bertz CT molecular complexity index is 1020. The number of aromatic amines is 1. The fraction of sp³-hybridized carbons (Fsp3) is 0.222. The molecule has 0 saturated heterocycles. The third-order valence-corrected chi connectivity index (χ3v) is 4.35. The first kappa shape index (κ1) is 16.2. The minimum atomic E-state index is -0.481. The summed E-state index contributed by atoms with van der Waals surface area (Å²) in [6.45, 7) is 1.47. The zero-order valence-corrected chi connectivity index (χ0v) is 14.2. The van der Waals surface area contributed by atoms with Crippen molar-refractivity contribution in [3.8, 4) is 11.4 Å². The second-order valence-electron chi connectivity index (χ2n) is 6.02. The molecule has 8 heteroatoms. The van der Waals surface area contributed by atoms with Crippen LogP contribution in [0.3, 0.4) is 0 Å². The van der Waals surface area contributed by atoms with E-state index in [1.54, 1.807) is 37.6 Å². The van der Waals surface area contributed by atoms with Gasteiger partial charge in [0.2, 0.25) is 0 Å². The van der Waals surface area contributed by atoms with Crippen molar-refractivity contribution < 1.29 is 9.15 Å². The molecule has 0 radical (unpaired) electrons. The van der Waals surface area contributed by atoms with E-state index < -0.39 is 5.69 Å². The minimum Gasteiger partial charge on any atom is -0.497 e. The molecule has 0 saturated carbocycles. The smallest absolute Gasteiger partial charge is 0.334 e. The van der Waals surface area contributed by atoms with Gasteiger partial charge in [-0.3, -0.25) is 14.7 Å². The van der Waals surface area contributed by atoms with Gasteiger partial charge < -0.3 is 14.5 Å². The summed E-state index contributed by atoms with van der Waals surface area (Å²) in [7, 11) is 1.58. The molecule has 3 aromatic rings. The lowest BCUT2D eigenvalue weighted by Crippen LogP contribution is -2.42. The number of anilines is 1. The third-order valence-electron chi connectivity index (χ3n) is 4.35. The highest BCUT2D eigenvalue weighted by molar-refractivity contribution is 5.52. The Morgan fingerprint density at radius 3 is 2.69 bits per heavy atom. The predicted octanol–water partition coefficient (Wildman–Crippen LogP) is 1.51. The number of methoxy groups -OCH3 is 1. The number of nitrogens with zero attached hydrogens (tertiary/aromatic N) is 2. The number of hydrogen-bond donors (Lipinski definition) is 2. The second kappa shape index (κ2) is 6.57.